The summed E-state index contributed by atoms with van der Waals surface area (Å²) in [7, 11) is 0. The summed E-state index contributed by atoms with van der Waals surface area (Å²) in [5, 5.41) is 22.2. The van der Waals surface area contributed by atoms with E-state index >= 15 is 0 Å². The average molecular weight is 317 g/mol. The van der Waals surface area contributed by atoms with Gasteiger partial charge in [0, 0.05) is 18.2 Å². The van der Waals surface area contributed by atoms with E-state index in [0.29, 0.717) is 6.42 Å². The van der Waals surface area contributed by atoms with E-state index in [0.717, 1.165) is 23.2 Å². The summed E-state index contributed by atoms with van der Waals surface area (Å²) in [6, 6.07) is 9.61. The first-order valence-corrected chi connectivity index (χ1v) is 7.64. The Morgan fingerprint density at radius 2 is 2.00 bits per heavy atom. The molecule has 0 aliphatic carbocycles. The molecule has 1 heterocycles. The van der Waals surface area contributed by atoms with E-state index in [9.17, 15) is 14.6 Å². The molecule has 0 bridgehead atoms. The highest BCUT2D eigenvalue weighted by Crippen LogP contribution is 2.28. The van der Waals surface area contributed by atoms with Gasteiger partial charge < -0.3 is 15.5 Å². The number of benzene rings is 2. The molecule has 6 heteroatoms. The van der Waals surface area contributed by atoms with Crippen molar-refractivity contribution >= 4 is 5.69 Å². The number of aromatic hydroxyl groups is 2. The lowest BCUT2D eigenvalue weighted by Crippen LogP contribution is -2.36. The molecule has 5 N–H and O–H groups in total. The molecule has 0 radical (unpaired) electrons. The summed E-state index contributed by atoms with van der Waals surface area (Å²) in [4.78, 5) is 0. The fourth-order valence-electron chi connectivity index (χ4n) is 2.81. The van der Waals surface area contributed by atoms with Gasteiger partial charge in [0.05, 0.1) is 6.17 Å². The molecule has 1 aliphatic rings. The van der Waals surface area contributed by atoms with Crippen LogP contribution in [0.2, 0.25) is 0 Å². The Morgan fingerprint density at radius 1 is 1.17 bits per heavy atom. The smallest absolute Gasteiger partial charge is 0.165 e. The van der Waals surface area contributed by atoms with E-state index in [1.54, 1.807) is 18.2 Å². The monoisotopic (exact) mass is 317 g/mol. The average Bonchev–Trinajstić information content (AvgIpc) is 3.00. The van der Waals surface area contributed by atoms with Crippen LogP contribution >= 0.6 is 0 Å². The van der Waals surface area contributed by atoms with Gasteiger partial charge in [0.25, 0.3) is 0 Å². The molecule has 1 fully saturated rings. The van der Waals surface area contributed by atoms with Crippen molar-refractivity contribution in [3.05, 3.63) is 53.3 Å². The van der Waals surface area contributed by atoms with Gasteiger partial charge in [-0.2, -0.15) is 0 Å². The molecule has 1 saturated heterocycles. The van der Waals surface area contributed by atoms with Crippen LogP contribution in [0.4, 0.5) is 10.1 Å². The lowest BCUT2D eigenvalue weighted by molar-refractivity contribution is 0.430. The van der Waals surface area contributed by atoms with Crippen LogP contribution in [-0.4, -0.2) is 16.4 Å². The van der Waals surface area contributed by atoms with Crippen LogP contribution in [0.25, 0.3) is 0 Å². The zero-order valence-electron chi connectivity index (χ0n) is 12.8. The maximum atomic E-state index is 13.5. The molecular weight excluding hydrogens is 297 g/mol. The van der Waals surface area contributed by atoms with E-state index in [2.05, 4.69) is 16.2 Å². The molecular formula is C17H20FN3O2. The number of nitrogens with one attached hydrogen (secondary N) is 3. The first-order chi connectivity index (χ1) is 11.1. The van der Waals surface area contributed by atoms with Crippen molar-refractivity contribution in [3.8, 4) is 11.5 Å². The number of hydrogen-bond donors (Lipinski definition) is 5. The lowest BCUT2D eigenvalue weighted by Gasteiger charge is -2.17. The third kappa shape index (κ3) is 3.38. The van der Waals surface area contributed by atoms with Crippen LogP contribution in [0.3, 0.4) is 0 Å². The van der Waals surface area contributed by atoms with Gasteiger partial charge in [-0.3, -0.25) is 0 Å². The van der Waals surface area contributed by atoms with Gasteiger partial charge in [-0.1, -0.05) is 13.0 Å². The summed E-state index contributed by atoms with van der Waals surface area (Å²) >= 11 is 0. The number of rotatable bonds is 4. The highest BCUT2D eigenvalue weighted by atomic mass is 19.1. The topological polar surface area (TPSA) is 76.5 Å². The molecule has 5 nitrogen and oxygen atoms in total. The fraction of sp³-hybridized carbons (Fsp3) is 0.294. The standard InChI is InChI=1S/C17H20FN3O2/c1-2-10-7-12(22)4-5-14(10)19-17-9-15(20-21-17)11-3-6-16(23)13(18)8-11/h3-8,15,17,19-23H,2,9H2,1H3. The Labute approximate surface area is 134 Å². The second-order valence-electron chi connectivity index (χ2n) is 5.68. The minimum atomic E-state index is -0.618. The molecule has 2 aromatic rings. The number of phenolic OH excluding ortho intramolecular Hbond substituents is 2. The van der Waals surface area contributed by atoms with Gasteiger partial charge in [-0.15, -0.1) is 0 Å². The second kappa shape index (κ2) is 6.44. The van der Waals surface area contributed by atoms with Gasteiger partial charge in [0.2, 0.25) is 0 Å². The van der Waals surface area contributed by atoms with Crippen LogP contribution in [-0.2, 0) is 6.42 Å². The van der Waals surface area contributed by atoms with Crippen molar-refractivity contribution in [2.24, 2.45) is 0 Å². The number of hydrogen-bond acceptors (Lipinski definition) is 5. The van der Waals surface area contributed by atoms with Gasteiger partial charge in [0.1, 0.15) is 5.75 Å². The summed E-state index contributed by atoms with van der Waals surface area (Å²) in [5.74, 6) is -0.707. The van der Waals surface area contributed by atoms with E-state index in [1.165, 1.54) is 12.1 Å². The van der Waals surface area contributed by atoms with Crippen LogP contribution in [0.1, 0.15) is 30.5 Å². The van der Waals surface area contributed by atoms with Crippen LogP contribution in [0.5, 0.6) is 11.5 Å². The van der Waals surface area contributed by atoms with E-state index in [-0.39, 0.29) is 23.7 Å². The Morgan fingerprint density at radius 3 is 2.74 bits per heavy atom. The van der Waals surface area contributed by atoms with Gasteiger partial charge in [0.15, 0.2) is 11.6 Å². The van der Waals surface area contributed by atoms with Crippen LogP contribution < -0.4 is 16.2 Å². The Kier molecular flexibility index (Phi) is 4.36. The Hall–Kier alpha value is -2.31. The van der Waals surface area contributed by atoms with E-state index < -0.39 is 5.82 Å². The molecule has 2 atom stereocenters. The normalized spacial score (nSPS) is 20.6. The van der Waals surface area contributed by atoms with E-state index in [1.807, 2.05) is 13.0 Å². The molecule has 2 unspecified atom stereocenters. The number of aryl methyl sites for hydroxylation is 1. The first-order valence-electron chi connectivity index (χ1n) is 7.64. The van der Waals surface area contributed by atoms with Crippen LogP contribution in [0.15, 0.2) is 36.4 Å². The number of anilines is 1. The van der Waals surface area contributed by atoms with Gasteiger partial charge in [-0.05, 0) is 47.9 Å². The molecule has 1 aliphatic heterocycles. The zero-order valence-corrected chi connectivity index (χ0v) is 12.8. The molecule has 0 aromatic heterocycles. The number of halogens is 1. The Balaban J connectivity index is 1.69. The van der Waals surface area contributed by atoms with Gasteiger partial charge >= 0.3 is 0 Å². The van der Waals surface area contributed by atoms with Crippen molar-refractivity contribution < 1.29 is 14.6 Å². The maximum Gasteiger partial charge on any atom is 0.165 e. The summed E-state index contributed by atoms with van der Waals surface area (Å²) in [5.41, 5.74) is 9.04. The minimum Gasteiger partial charge on any atom is -0.508 e. The number of hydrazine groups is 1. The molecule has 0 saturated carbocycles. The summed E-state index contributed by atoms with van der Waals surface area (Å²) < 4.78 is 13.5. The second-order valence-corrected chi connectivity index (χ2v) is 5.68. The molecule has 0 amide bonds. The van der Waals surface area contributed by atoms with Gasteiger partial charge in [-0.25, -0.2) is 15.2 Å². The fourth-order valence-corrected chi connectivity index (χ4v) is 2.81. The maximum absolute atomic E-state index is 13.5. The zero-order chi connectivity index (χ0) is 16.4. The SMILES string of the molecule is CCc1cc(O)ccc1NC1CC(c2ccc(O)c(F)c2)NN1. The van der Waals surface area contributed by atoms with Crippen molar-refractivity contribution in [2.45, 2.75) is 32.0 Å². The minimum absolute atomic E-state index is 0.0216. The largest absolute Gasteiger partial charge is 0.508 e. The van der Waals surface area contributed by atoms with Crippen molar-refractivity contribution in [2.75, 3.05) is 5.32 Å². The first kappa shape index (κ1) is 15.6. The Bertz CT molecular complexity index is 708. The lowest BCUT2D eigenvalue weighted by atomic mass is 10.0. The van der Waals surface area contributed by atoms with Crippen molar-refractivity contribution in [1.29, 1.82) is 0 Å². The summed E-state index contributed by atoms with van der Waals surface area (Å²) in [6.07, 6.45) is 1.50. The number of phenols is 2. The third-order valence-corrected chi connectivity index (χ3v) is 4.08. The highest BCUT2D eigenvalue weighted by molar-refractivity contribution is 5.54. The van der Waals surface area contributed by atoms with E-state index in [4.69, 9.17) is 0 Å². The molecule has 3 rings (SSSR count). The quantitative estimate of drug-likeness (QED) is 0.561. The molecule has 23 heavy (non-hydrogen) atoms. The highest BCUT2D eigenvalue weighted by Gasteiger charge is 2.25. The molecule has 0 spiro atoms. The molecule has 122 valence electrons. The predicted molar refractivity (Wildman–Crippen MR) is 86.6 cm³/mol. The summed E-state index contributed by atoms with van der Waals surface area (Å²) in [6.45, 7) is 2.03. The third-order valence-electron chi connectivity index (χ3n) is 4.08. The predicted octanol–water partition coefficient (Wildman–Crippen LogP) is 2.78. The van der Waals surface area contributed by atoms with Crippen LogP contribution in [0, 0.1) is 5.82 Å². The molecule has 2 aromatic carbocycles. The van der Waals surface area contributed by atoms with Crippen molar-refractivity contribution in [1.82, 2.24) is 10.9 Å². The van der Waals surface area contributed by atoms with Crippen molar-refractivity contribution in [3.63, 3.8) is 0 Å².